The van der Waals surface area contributed by atoms with E-state index in [0.29, 0.717) is 5.75 Å². The molecule has 0 aliphatic carbocycles. The van der Waals surface area contributed by atoms with Crippen molar-refractivity contribution in [2.45, 2.75) is 18.9 Å². The van der Waals surface area contributed by atoms with E-state index in [-0.39, 0.29) is 25.3 Å². The largest absolute Gasteiger partial charge is 0.493 e. The minimum atomic E-state index is -1.11. The number of benzene rings is 1. The average molecular weight is 281 g/mol. The second kappa shape index (κ2) is 7.93. The van der Waals surface area contributed by atoms with Crippen LogP contribution < -0.4 is 10.1 Å². The molecule has 0 saturated carbocycles. The van der Waals surface area contributed by atoms with Crippen molar-refractivity contribution >= 4 is 11.9 Å². The Balaban J connectivity index is 2.33. The van der Waals surface area contributed by atoms with E-state index in [1.165, 1.54) is 30.3 Å². The summed E-state index contributed by atoms with van der Waals surface area (Å²) in [7, 11) is 0. The van der Waals surface area contributed by atoms with Crippen LogP contribution in [0.1, 0.15) is 12.8 Å². The van der Waals surface area contributed by atoms with Crippen molar-refractivity contribution in [2.75, 3.05) is 6.61 Å². The summed E-state index contributed by atoms with van der Waals surface area (Å²) in [5.74, 6) is -1.47. The van der Waals surface area contributed by atoms with Gasteiger partial charge in [0.2, 0.25) is 5.91 Å². The maximum absolute atomic E-state index is 12.6. The van der Waals surface area contributed by atoms with Gasteiger partial charge in [-0.1, -0.05) is 6.08 Å². The first-order chi connectivity index (χ1) is 9.52. The summed E-state index contributed by atoms with van der Waals surface area (Å²) in [6.07, 6.45) is 1.59. The first-order valence-electron chi connectivity index (χ1n) is 6.04. The quantitative estimate of drug-likeness (QED) is 0.712. The number of carbonyl (C=O) groups excluding carboxylic acids is 1. The van der Waals surface area contributed by atoms with E-state index >= 15 is 0 Å². The molecule has 0 aromatic heterocycles. The standard InChI is InChI=1S/C14H16FNO4/c1-2-3-12(14(18)19)16-13(17)8-9-20-11-6-4-10(15)5-7-11/h2,4-7,12H,1,3,8-9H2,(H,16,17)(H,18,19). The van der Waals surface area contributed by atoms with Crippen LogP contribution in [0.3, 0.4) is 0 Å². The molecule has 1 rings (SSSR count). The molecule has 0 aliphatic rings. The second-order valence-corrected chi connectivity index (χ2v) is 4.04. The molecule has 1 aromatic rings. The number of hydrogen-bond acceptors (Lipinski definition) is 3. The van der Waals surface area contributed by atoms with Gasteiger partial charge >= 0.3 is 5.97 Å². The molecule has 1 unspecified atom stereocenters. The molecule has 20 heavy (non-hydrogen) atoms. The van der Waals surface area contributed by atoms with E-state index in [1.807, 2.05) is 0 Å². The van der Waals surface area contributed by atoms with E-state index in [9.17, 15) is 14.0 Å². The number of amides is 1. The molecular formula is C14H16FNO4. The van der Waals surface area contributed by atoms with Crippen LogP contribution in [0.2, 0.25) is 0 Å². The Hall–Kier alpha value is -2.37. The van der Waals surface area contributed by atoms with Crippen molar-refractivity contribution in [3.05, 3.63) is 42.7 Å². The zero-order chi connectivity index (χ0) is 15.0. The molecule has 1 amide bonds. The van der Waals surface area contributed by atoms with Gasteiger partial charge < -0.3 is 15.2 Å². The van der Waals surface area contributed by atoms with Gasteiger partial charge in [0.05, 0.1) is 13.0 Å². The molecule has 0 spiro atoms. The minimum Gasteiger partial charge on any atom is -0.493 e. The summed E-state index contributed by atoms with van der Waals surface area (Å²) in [6.45, 7) is 3.51. The fraction of sp³-hybridized carbons (Fsp3) is 0.286. The van der Waals surface area contributed by atoms with E-state index in [4.69, 9.17) is 9.84 Å². The number of hydrogen-bond donors (Lipinski definition) is 2. The summed E-state index contributed by atoms with van der Waals surface area (Å²) in [5.41, 5.74) is 0. The maximum Gasteiger partial charge on any atom is 0.326 e. The highest BCUT2D eigenvalue weighted by Crippen LogP contribution is 2.11. The first kappa shape index (κ1) is 15.7. The van der Waals surface area contributed by atoms with Crippen LogP contribution in [0.25, 0.3) is 0 Å². The van der Waals surface area contributed by atoms with Gasteiger partial charge in [-0.25, -0.2) is 9.18 Å². The molecule has 0 fully saturated rings. The van der Waals surface area contributed by atoms with Crippen LogP contribution in [0.4, 0.5) is 4.39 Å². The Labute approximate surface area is 116 Å². The fourth-order valence-corrected chi connectivity index (χ4v) is 1.45. The maximum atomic E-state index is 12.6. The zero-order valence-corrected chi connectivity index (χ0v) is 10.8. The number of aliphatic carboxylic acids is 1. The molecule has 0 aliphatic heterocycles. The Morgan fingerprint density at radius 3 is 2.60 bits per heavy atom. The number of rotatable bonds is 8. The molecule has 2 N–H and O–H groups in total. The number of carboxylic acids is 1. The lowest BCUT2D eigenvalue weighted by Crippen LogP contribution is -2.40. The van der Waals surface area contributed by atoms with Crippen molar-refractivity contribution in [1.82, 2.24) is 5.32 Å². The third-order valence-electron chi connectivity index (χ3n) is 2.45. The monoisotopic (exact) mass is 281 g/mol. The van der Waals surface area contributed by atoms with Crippen LogP contribution in [0.5, 0.6) is 5.75 Å². The molecule has 0 radical (unpaired) electrons. The Kier molecular flexibility index (Phi) is 6.22. The Bertz CT molecular complexity index is 473. The van der Waals surface area contributed by atoms with Gasteiger partial charge in [-0.3, -0.25) is 4.79 Å². The van der Waals surface area contributed by atoms with Crippen molar-refractivity contribution in [3.8, 4) is 5.75 Å². The molecule has 1 aromatic carbocycles. The van der Waals surface area contributed by atoms with E-state index < -0.39 is 17.9 Å². The Morgan fingerprint density at radius 1 is 1.40 bits per heavy atom. The lowest BCUT2D eigenvalue weighted by Gasteiger charge is -2.12. The second-order valence-electron chi connectivity index (χ2n) is 4.04. The lowest BCUT2D eigenvalue weighted by molar-refractivity contribution is -0.141. The van der Waals surface area contributed by atoms with Gasteiger partial charge in [-0.05, 0) is 30.7 Å². The number of ether oxygens (including phenoxy) is 1. The third kappa shape index (κ3) is 5.51. The zero-order valence-electron chi connectivity index (χ0n) is 10.8. The highest BCUT2D eigenvalue weighted by atomic mass is 19.1. The minimum absolute atomic E-state index is 0.0122. The van der Waals surface area contributed by atoms with Gasteiger partial charge in [0.1, 0.15) is 17.6 Å². The lowest BCUT2D eigenvalue weighted by atomic mass is 10.2. The molecular weight excluding hydrogens is 265 g/mol. The summed E-state index contributed by atoms with van der Waals surface area (Å²) in [4.78, 5) is 22.4. The molecule has 0 saturated heterocycles. The van der Waals surface area contributed by atoms with Gasteiger partial charge in [-0.2, -0.15) is 0 Å². The first-order valence-corrected chi connectivity index (χ1v) is 6.04. The van der Waals surface area contributed by atoms with Gasteiger partial charge in [-0.15, -0.1) is 6.58 Å². The van der Waals surface area contributed by atoms with Crippen molar-refractivity contribution in [3.63, 3.8) is 0 Å². The smallest absolute Gasteiger partial charge is 0.326 e. The SMILES string of the molecule is C=CCC(NC(=O)CCOc1ccc(F)cc1)C(=O)O. The van der Waals surface area contributed by atoms with Crippen molar-refractivity contribution in [2.24, 2.45) is 0 Å². The predicted octanol–water partition coefficient (Wildman–Crippen LogP) is 1.74. The summed E-state index contributed by atoms with van der Waals surface area (Å²) in [6, 6.07) is 4.42. The summed E-state index contributed by atoms with van der Waals surface area (Å²) in [5, 5.41) is 11.2. The molecule has 6 heteroatoms. The number of nitrogens with one attached hydrogen (secondary N) is 1. The van der Waals surface area contributed by atoms with Crippen LogP contribution in [-0.4, -0.2) is 29.6 Å². The van der Waals surface area contributed by atoms with Crippen LogP contribution in [0.15, 0.2) is 36.9 Å². The number of carbonyl (C=O) groups is 2. The highest BCUT2D eigenvalue weighted by Gasteiger charge is 2.17. The average Bonchev–Trinajstić information content (AvgIpc) is 2.40. The van der Waals surface area contributed by atoms with Crippen molar-refractivity contribution < 1.29 is 23.8 Å². The topological polar surface area (TPSA) is 75.6 Å². The number of halogens is 1. The molecule has 0 heterocycles. The summed E-state index contributed by atoms with van der Waals surface area (Å²) < 4.78 is 17.9. The van der Waals surface area contributed by atoms with E-state index in [0.717, 1.165) is 0 Å². The molecule has 5 nitrogen and oxygen atoms in total. The number of carboxylic acid groups (broad SMARTS) is 1. The predicted molar refractivity (Wildman–Crippen MR) is 70.9 cm³/mol. The fourth-order valence-electron chi connectivity index (χ4n) is 1.45. The van der Waals surface area contributed by atoms with E-state index in [2.05, 4.69) is 11.9 Å². The summed E-state index contributed by atoms with van der Waals surface area (Å²) >= 11 is 0. The van der Waals surface area contributed by atoms with Gasteiger partial charge in [0, 0.05) is 0 Å². The highest BCUT2D eigenvalue weighted by molar-refractivity contribution is 5.83. The normalized spacial score (nSPS) is 11.4. The third-order valence-corrected chi connectivity index (χ3v) is 2.45. The van der Waals surface area contributed by atoms with Gasteiger partial charge in [0.25, 0.3) is 0 Å². The van der Waals surface area contributed by atoms with Crippen LogP contribution in [0, 0.1) is 5.82 Å². The van der Waals surface area contributed by atoms with Crippen molar-refractivity contribution in [1.29, 1.82) is 0 Å². The van der Waals surface area contributed by atoms with Crippen LogP contribution >= 0.6 is 0 Å². The molecule has 108 valence electrons. The Morgan fingerprint density at radius 2 is 2.05 bits per heavy atom. The molecule has 1 atom stereocenters. The van der Waals surface area contributed by atoms with E-state index in [1.54, 1.807) is 0 Å². The van der Waals surface area contributed by atoms with Crippen LogP contribution in [-0.2, 0) is 9.59 Å². The molecule has 0 bridgehead atoms. The van der Waals surface area contributed by atoms with Gasteiger partial charge in [0.15, 0.2) is 0 Å².